The lowest BCUT2D eigenvalue weighted by Gasteiger charge is -2.08. The number of rotatable bonds is 4. The van der Waals surface area contributed by atoms with Gasteiger partial charge < -0.3 is 0 Å². The van der Waals surface area contributed by atoms with Crippen LogP contribution in [0.4, 0.5) is 0 Å². The van der Waals surface area contributed by atoms with E-state index in [0.29, 0.717) is 26.9 Å². The fourth-order valence-electron chi connectivity index (χ4n) is 1.80. The monoisotopic (exact) mass is 296 g/mol. The third-order valence-electron chi connectivity index (χ3n) is 3.14. The Kier molecular flexibility index (Phi) is 4.27. The van der Waals surface area contributed by atoms with Crippen molar-refractivity contribution in [2.75, 3.05) is 0 Å². The molecule has 0 saturated heterocycles. The Morgan fingerprint density at radius 3 is 2.79 bits per heavy atom. The van der Waals surface area contributed by atoms with Gasteiger partial charge in [-0.25, -0.2) is 0 Å². The van der Waals surface area contributed by atoms with Gasteiger partial charge in [-0.05, 0) is 19.4 Å². The summed E-state index contributed by atoms with van der Waals surface area (Å²) in [5, 5.41) is 5.34. The van der Waals surface area contributed by atoms with Crippen LogP contribution in [0.25, 0.3) is 11.3 Å². The Hall–Kier alpha value is -1.32. The largest absolute Gasteiger partial charge is 0.298 e. The van der Waals surface area contributed by atoms with Crippen molar-refractivity contribution in [3.05, 3.63) is 40.0 Å². The Balaban J connectivity index is 2.58. The molecular weight excluding hydrogens is 283 g/mol. The topological polar surface area (TPSA) is 34.9 Å². The summed E-state index contributed by atoms with van der Waals surface area (Å²) in [4.78, 5) is 11.2. The number of hydrogen-bond donors (Lipinski definition) is 0. The summed E-state index contributed by atoms with van der Waals surface area (Å²) in [6.45, 7) is 4.11. The number of benzene rings is 1. The van der Waals surface area contributed by atoms with Crippen molar-refractivity contribution in [3.8, 4) is 11.3 Å². The molecule has 19 heavy (non-hydrogen) atoms. The lowest BCUT2D eigenvalue weighted by Crippen LogP contribution is -2.04. The minimum Gasteiger partial charge on any atom is -0.298 e. The molecule has 1 aromatic carbocycles. The molecule has 0 amide bonds. The highest BCUT2D eigenvalue weighted by Crippen LogP contribution is 2.34. The predicted octanol–water partition coefficient (Wildman–Crippen LogP) is 4.64. The van der Waals surface area contributed by atoms with Crippen LogP contribution < -0.4 is 0 Å². The van der Waals surface area contributed by atoms with E-state index in [1.165, 1.54) is 0 Å². The molecule has 2 aromatic rings. The fourth-order valence-corrected chi connectivity index (χ4v) is 2.19. The first-order valence-electron chi connectivity index (χ1n) is 6.07. The van der Waals surface area contributed by atoms with Crippen LogP contribution in [0.1, 0.15) is 36.7 Å². The first-order chi connectivity index (χ1) is 9.08. The van der Waals surface area contributed by atoms with Crippen molar-refractivity contribution >= 4 is 29.5 Å². The van der Waals surface area contributed by atoms with Crippen LogP contribution in [-0.4, -0.2) is 16.1 Å². The van der Waals surface area contributed by atoms with Crippen LogP contribution in [0, 0.1) is 0 Å². The molecule has 0 bridgehead atoms. The Labute approximate surface area is 122 Å². The van der Waals surface area contributed by atoms with Gasteiger partial charge in [0.05, 0.1) is 15.6 Å². The van der Waals surface area contributed by atoms with E-state index in [1.54, 1.807) is 23.0 Å². The Bertz CT molecular complexity index is 607. The summed E-state index contributed by atoms with van der Waals surface area (Å²) in [5.41, 5.74) is 1.77. The van der Waals surface area contributed by atoms with Crippen molar-refractivity contribution in [2.45, 2.75) is 26.3 Å². The van der Waals surface area contributed by atoms with Gasteiger partial charge in [0, 0.05) is 17.8 Å². The van der Waals surface area contributed by atoms with Gasteiger partial charge in [0.2, 0.25) is 0 Å². The molecule has 0 radical (unpaired) electrons. The SMILES string of the molecule is CCC(C)n1cc(C=O)c(-c2cccc(Cl)c2Cl)n1. The Morgan fingerprint density at radius 1 is 1.42 bits per heavy atom. The zero-order chi connectivity index (χ0) is 14.0. The molecule has 2 rings (SSSR count). The zero-order valence-corrected chi connectivity index (χ0v) is 12.2. The summed E-state index contributed by atoms with van der Waals surface area (Å²) in [7, 11) is 0. The molecule has 0 aliphatic heterocycles. The van der Waals surface area contributed by atoms with E-state index in [1.807, 2.05) is 13.0 Å². The standard InChI is InChI=1S/C14H14Cl2N2O/c1-3-9(2)18-7-10(8-19)14(17-18)11-5-4-6-12(15)13(11)16/h4-9H,3H2,1-2H3. The second kappa shape index (κ2) is 5.76. The molecule has 0 saturated carbocycles. The molecule has 1 heterocycles. The summed E-state index contributed by atoms with van der Waals surface area (Å²) < 4.78 is 1.79. The highest BCUT2D eigenvalue weighted by atomic mass is 35.5. The molecular formula is C14H14Cl2N2O. The summed E-state index contributed by atoms with van der Waals surface area (Å²) in [6, 6.07) is 5.54. The predicted molar refractivity (Wildman–Crippen MR) is 78.1 cm³/mol. The van der Waals surface area contributed by atoms with Crippen LogP contribution in [0.15, 0.2) is 24.4 Å². The van der Waals surface area contributed by atoms with Crippen LogP contribution in [0.5, 0.6) is 0 Å². The van der Waals surface area contributed by atoms with E-state index in [0.717, 1.165) is 12.7 Å². The van der Waals surface area contributed by atoms with E-state index >= 15 is 0 Å². The molecule has 0 spiro atoms. The molecule has 1 unspecified atom stereocenters. The molecule has 5 heteroatoms. The van der Waals surface area contributed by atoms with Crippen LogP contribution in [0.3, 0.4) is 0 Å². The van der Waals surface area contributed by atoms with E-state index in [4.69, 9.17) is 23.2 Å². The van der Waals surface area contributed by atoms with Crippen LogP contribution in [0.2, 0.25) is 10.0 Å². The molecule has 100 valence electrons. The first-order valence-corrected chi connectivity index (χ1v) is 6.82. The van der Waals surface area contributed by atoms with Crippen molar-refractivity contribution in [1.82, 2.24) is 9.78 Å². The average molecular weight is 297 g/mol. The molecule has 1 aromatic heterocycles. The number of halogens is 2. The van der Waals surface area contributed by atoms with E-state index in [-0.39, 0.29) is 6.04 Å². The Morgan fingerprint density at radius 2 is 2.16 bits per heavy atom. The van der Waals surface area contributed by atoms with Gasteiger partial charge in [-0.1, -0.05) is 42.3 Å². The minimum absolute atomic E-state index is 0.227. The molecule has 0 aliphatic carbocycles. The number of carbonyl (C=O) groups excluding carboxylic acids is 1. The molecule has 1 atom stereocenters. The second-order valence-electron chi connectivity index (χ2n) is 4.39. The van der Waals surface area contributed by atoms with Gasteiger partial charge in [0.1, 0.15) is 5.69 Å². The van der Waals surface area contributed by atoms with Gasteiger partial charge in [-0.15, -0.1) is 0 Å². The third kappa shape index (κ3) is 2.67. The number of aldehydes is 1. The van der Waals surface area contributed by atoms with Crippen molar-refractivity contribution < 1.29 is 4.79 Å². The van der Waals surface area contributed by atoms with Gasteiger partial charge in [-0.2, -0.15) is 5.10 Å². The summed E-state index contributed by atoms with van der Waals surface area (Å²) >= 11 is 12.2. The van der Waals surface area contributed by atoms with Gasteiger partial charge >= 0.3 is 0 Å². The third-order valence-corrected chi connectivity index (χ3v) is 3.96. The number of aromatic nitrogens is 2. The fraction of sp³-hybridized carbons (Fsp3) is 0.286. The molecule has 0 fully saturated rings. The average Bonchev–Trinajstić information content (AvgIpc) is 2.85. The van der Waals surface area contributed by atoms with E-state index < -0.39 is 0 Å². The van der Waals surface area contributed by atoms with Crippen molar-refractivity contribution in [2.24, 2.45) is 0 Å². The lowest BCUT2D eigenvalue weighted by atomic mass is 10.1. The van der Waals surface area contributed by atoms with E-state index in [9.17, 15) is 4.79 Å². The zero-order valence-electron chi connectivity index (χ0n) is 10.7. The number of hydrogen-bond acceptors (Lipinski definition) is 2. The maximum Gasteiger partial charge on any atom is 0.153 e. The van der Waals surface area contributed by atoms with Gasteiger partial charge in [0.15, 0.2) is 6.29 Å². The highest BCUT2D eigenvalue weighted by Gasteiger charge is 2.16. The molecule has 3 nitrogen and oxygen atoms in total. The van der Waals surface area contributed by atoms with E-state index in [2.05, 4.69) is 12.0 Å². The summed E-state index contributed by atoms with van der Waals surface area (Å²) in [5.74, 6) is 0. The minimum atomic E-state index is 0.227. The van der Waals surface area contributed by atoms with Gasteiger partial charge in [0.25, 0.3) is 0 Å². The highest BCUT2D eigenvalue weighted by molar-refractivity contribution is 6.43. The maximum absolute atomic E-state index is 11.2. The lowest BCUT2D eigenvalue weighted by molar-refractivity contribution is 0.112. The molecule has 0 N–H and O–H groups in total. The number of carbonyl (C=O) groups is 1. The smallest absolute Gasteiger partial charge is 0.153 e. The number of nitrogens with zero attached hydrogens (tertiary/aromatic N) is 2. The maximum atomic E-state index is 11.2. The summed E-state index contributed by atoms with van der Waals surface area (Å²) in [6.07, 6.45) is 3.47. The van der Waals surface area contributed by atoms with Crippen LogP contribution >= 0.6 is 23.2 Å². The second-order valence-corrected chi connectivity index (χ2v) is 5.17. The van der Waals surface area contributed by atoms with Crippen LogP contribution in [-0.2, 0) is 0 Å². The normalized spacial score (nSPS) is 12.4. The van der Waals surface area contributed by atoms with Crippen molar-refractivity contribution in [1.29, 1.82) is 0 Å². The van der Waals surface area contributed by atoms with Gasteiger partial charge in [-0.3, -0.25) is 9.48 Å². The van der Waals surface area contributed by atoms with Crippen molar-refractivity contribution in [3.63, 3.8) is 0 Å². The first kappa shape index (κ1) is 14.1. The quantitative estimate of drug-likeness (QED) is 0.770. The molecule has 0 aliphatic rings.